The van der Waals surface area contributed by atoms with Crippen molar-refractivity contribution in [1.82, 2.24) is 20.0 Å². The Bertz CT molecular complexity index is 715. The number of H-pyrrole nitrogens is 1. The van der Waals surface area contributed by atoms with Gasteiger partial charge in [0.05, 0.1) is 7.11 Å². The van der Waals surface area contributed by atoms with Gasteiger partial charge in [-0.25, -0.2) is 0 Å². The van der Waals surface area contributed by atoms with Crippen LogP contribution in [-0.4, -0.2) is 71.6 Å². The predicted molar refractivity (Wildman–Crippen MR) is 113 cm³/mol. The number of β-amino-alcohol motifs (C(OH)–C–C–N with tert-alkyl or cyclic N) is 1. The zero-order chi connectivity index (χ0) is 20.5. The van der Waals surface area contributed by atoms with Gasteiger partial charge in [-0.15, -0.1) is 0 Å². The van der Waals surface area contributed by atoms with E-state index in [1.54, 1.807) is 13.3 Å². The van der Waals surface area contributed by atoms with Crippen LogP contribution in [0.4, 0.5) is 0 Å². The van der Waals surface area contributed by atoms with E-state index in [9.17, 15) is 5.11 Å². The zero-order valence-electron chi connectivity index (χ0n) is 17.6. The van der Waals surface area contributed by atoms with Crippen molar-refractivity contribution in [3.8, 4) is 11.5 Å². The molecule has 1 aliphatic heterocycles. The molecule has 1 aliphatic rings. The third kappa shape index (κ3) is 7.03. The van der Waals surface area contributed by atoms with Crippen LogP contribution in [-0.2, 0) is 13.1 Å². The highest BCUT2D eigenvalue weighted by molar-refractivity contribution is 5.43. The highest BCUT2D eigenvalue weighted by Gasteiger charge is 2.15. The molecule has 7 nitrogen and oxygen atoms in total. The number of benzene rings is 1. The summed E-state index contributed by atoms with van der Waals surface area (Å²) < 4.78 is 11.4. The van der Waals surface area contributed by atoms with E-state index >= 15 is 0 Å². The lowest BCUT2D eigenvalue weighted by atomic mass is 10.2. The van der Waals surface area contributed by atoms with Gasteiger partial charge in [-0.2, -0.15) is 5.10 Å². The van der Waals surface area contributed by atoms with E-state index in [0.717, 1.165) is 37.4 Å². The normalized spacial score (nSPS) is 16.6. The molecule has 1 atom stereocenters. The van der Waals surface area contributed by atoms with Crippen LogP contribution in [0.3, 0.4) is 0 Å². The summed E-state index contributed by atoms with van der Waals surface area (Å²) in [5, 5.41) is 17.4. The summed E-state index contributed by atoms with van der Waals surface area (Å²) in [4.78, 5) is 4.55. The van der Waals surface area contributed by atoms with E-state index < -0.39 is 6.10 Å². The number of hydrogen-bond acceptors (Lipinski definition) is 6. The van der Waals surface area contributed by atoms with Crippen molar-refractivity contribution in [2.45, 2.75) is 44.9 Å². The van der Waals surface area contributed by atoms with E-state index in [1.807, 2.05) is 24.3 Å². The number of aliphatic hydroxyl groups is 1. The van der Waals surface area contributed by atoms with Crippen LogP contribution in [0.25, 0.3) is 0 Å². The summed E-state index contributed by atoms with van der Waals surface area (Å²) in [7, 11) is 3.71. The Morgan fingerprint density at radius 3 is 2.62 bits per heavy atom. The minimum absolute atomic E-state index is 0.270. The maximum Gasteiger partial charge on any atom is 0.161 e. The highest BCUT2D eigenvalue weighted by Crippen LogP contribution is 2.29. The second-order valence-corrected chi connectivity index (χ2v) is 7.92. The van der Waals surface area contributed by atoms with Crippen molar-refractivity contribution < 1.29 is 14.6 Å². The smallest absolute Gasteiger partial charge is 0.161 e. The minimum atomic E-state index is -0.502. The quantitative estimate of drug-likeness (QED) is 0.637. The van der Waals surface area contributed by atoms with E-state index in [-0.39, 0.29) is 6.61 Å². The number of aromatic nitrogens is 2. The molecule has 1 aromatic carbocycles. The maximum atomic E-state index is 10.4. The Labute approximate surface area is 173 Å². The molecular weight excluding hydrogens is 368 g/mol. The molecule has 0 radical (unpaired) electrons. The van der Waals surface area contributed by atoms with Gasteiger partial charge >= 0.3 is 0 Å². The first-order chi connectivity index (χ1) is 14.1. The van der Waals surface area contributed by atoms with Crippen molar-refractivity contribution in [3.63, 3.8) is 0 Å². The summed E-state index contributed by atoms with van der Waals surface area (Å²) in [5.41, 5.74) is 2.22. The highest BCUT2D eigenvalue weighted by atomic mass is 16.5. The number of nitrogens with one attached hydrogen (secondary N) is 1. The lowest BCUT2D eigenvalue weighted by Gasteiger charge is -2.23. The van der Waals surface area contributed by atoms with Gasteiger partial charge in [-0.05, 0) is 56.7 Å². The standard InChI is InChI=1S/C22H34N4O3/c1-25(15-19-9-10-23-24-19)14-18-7-8-21(22(13-18)28-2)29-17-20(27)16-26-11-5-3-4-6-12-26/h7-10,13,20,27H,3-6,11-12,14-17H2,1-2H3,(H,23,24)/t20-/m1/s1. The molecule has 29 heavy (non-hydrogen) atoms. The average molecular weight is 403 g/mol. The maximum absolute atomic E-state index is 10.4. The Balaban J connectivity index is 1.50. The van der Waals surface area contributed by atoms with Crippen LogP contribution in [0, 0.1) is 0 Å². The Hall–Kier alpha value is -2.09. The Morgan fingerprint density at radius 2 is 1.93 bits per heavy atom. The molecular formula is C22H34N4O3. The van der Waals surface area contributed by atoms with Crippen molar-refractivity contribution in [2.24, 2.45) is 0 Å². The summed E-state index contributed by atoms with van der Waals surface area (Å²) in [5.74, 6) is 1.36. The molecule has 7 heteroatoms. The molecule has 0 unspecified atom stereocenters. The van der Waals surface area contributed by atoms with Gasteiger partial charge in [0, 0.05) is 31.5 Å². The molecule has 0 spiro atoms. The molecule has 1 saturated heterocycles. The minimum Gasteiger partial charge on any atom is -0.493 e. The molecule has 0 bridgehead atoms. The fraction of sp³-hybridized carbons (Fsp3) is 0.591. The molecule has 0 amide bonds. The van der Waals surface area contributed by atoms with E-state index in [4.69, 9.17) is 9.47 Å². The molecule has 2 aromatic rings. The molecule has 3 rings (SSSR count). The number of likely N-dealkylation sites (tertiary alicyclic amines) is 1. The monoisotopic (exact) mass is 402 g/mol. The van der Waals surface area contributed by atoms with Crippen molar-refractivity contribution in [3.05, 3.63) is 41.7 Å². The van der Waals surface area contributed by atoms with Gasteiger partial charge in [0.2, 0.25) is 0 Å². The average Bonchev–Trinajstić information content (AvgIpc) is 3.08. The van der Waals surface area contributed by atoms with Crippen LogP contribution in [0.5, 0.6) is 11.5 Å². The first-order valence-corrected chi connectivity index (χ1v) is 10.5. The molecule has 0 saturated carbocycles. The lowest BCUT2D eigenvalue weighted by molar-refractivity contribution is 0.0683. The number of nitrogens with zero attached hydrogens (tertiary/aromatic N) is 3. The summed E-state index contributed by atoms with van der Waals surface area (Å²) in [6.07, 6.45) is 6.29. The fourth-order valence-corrected chi connectivity index (χ4v) is 3.82. The van der Waals surface area contributed by atoms with Crippen molar-refractivity contribution >= 4 is 0 Å². The second-order valence-electron chi connectivity index (χ2n) is 7.92. The molecule has 1 aromatic heterocycles. The third-order valence-corrected chi connectivity index (χ3v) is 5.28. The van der Waals surface area contributed by atoms with Gasteiger partial charge in [0.25, 0.3) is 0 Å². The molecule has 1 fully saturated rings. The SMILES string of the molecule is COc1cc(CN(C)Cc2ccn[nH]2)ccc1OC[C@H](O)CN1CCCCCC1. The zero-order valence-corrected chi connectivity index (χ0v) is 17.6. The van der Waals surface area contributed by atoms with Crippen LogP contribution < -0.4 is 9.47 Å². The van der Waals surface area contributed by atoms with Gasteiger partial charge < -0.3 is 19.5 Å². The number of methoxy groups -OCH3 is 1. The summed E-state index contributed by atoms with van der Waals surface area (Å²) in [6, 6.07) is 7.95. The van der Waals surface area contributed by atoms with Crippen LogP contribution in [0.1, 0.15) is 36.9 Å². The number of rotatable bonds is 10. The number of hydrogen-bond donors (Lipinski definition) is 2. The van der Waals surface area contributed by atoms with Crippen LogP contribution in [0.2, 0.25) is 0 Å². The summed E-state index contributed by atoms with van der Waals surface area (Å²) in [6.45, 7) is 4.66. The van der Waals surface area contributed by atoms with Gasteiger partial charge in [0.15, 0.2) is 11.5 Å². The molecule has 2 heterocycles. The predicted octanol–water partition coefficient (Wildman–Crippen LogP) is 2.67. The molecule has 2 N–H and O–H groups in total. The number of ether oxygens (including phenoxy) is 2. The van der Waals surface area contributed by atoms with Crippen LogP contribution >= 0.6 is 0 Å². The third-order valence-electron chi connectivity index (χ3n) is 5.28. The first kappa shape index (κ1) is 21.6. The van der Waals surface area contributed by atoms with E-state index in [1.165, 1.54) is 25.7 Å². The Kier molecular flexibility index (Phi) is 8.34. The second kappa shape index (κ2) is 11.2. The van der Waals surface area contributed by atoms with E-state index in [2.05, 4.69) is 27.0 Å². The van der Waals surface area contributed by atoms with Crippen LogP contribution in [0.15, 0.2) is 30.5 Å². The molecule has 0 aliphatic carbocycles. The largest absolute Gasteiger partial charge is 0.493 e. The van der Waals surface area contributed by atoms with Gasteiger partial charge in [-0.3, -0.25) is 10.00 Å². The topological polar surface area (TPSA) is 73.8 Å². The van der Waals surface area contributed by atoms with Crippen molar-refractivity contribution in [1.29, 1.82) is 0 Å². The number of aliphatic hydroxyl groups excluding tert-OH is 1. The number of aromatic amines is 1. The fourth-order valence-electron chi connectivity index (χ4n) is 3.82. The van der Waals surface area contributed by atoms with E-state index in [0.29, 0.717) is 18.0 Å². The Morgan fingerprint density at radius 1 is 1.14 bits per heavy atom. The van der Waals surface area contributed by atoms with Gasteiger partial charge in [-0.1, -0.05) is 18.9 Å². The molecule has 160 valence electrons. The van der Waals surface area contributed by atoms with Gasteiger partial charge in [0.1, 0.15) is 12.7 Å². The summed E-state index contributed by atoms with van der Waals surface area (Å²) >= 11 is 0. The lowest BCUT2D eigenvalue weighted by Crippen LogP contribution is -2.36. The first-order valence-electron chi connectivity index (χ1n) is 10.5. The van der Waals surface area contributed by atoms with Crippen molar-refractivity contribution in [2.75, 3.05) is 40.4 Å².